The number of hydrogen-bond acceptors (Lipinski definition) is 5. The predicted octanol–water partition coefficient (Wildman–Crippen LogP) is 3.91. The number of fused-ring (bicyclic) bond motifs is 2. The zero-order chi connectivity index (χ0) is 19.4. The third-order valence-electron chi connectivity index (χ3n) is 4.47. The Hall–Kier alpha value is -3.39. The van der Waals surface area contributed by atoms with Crippen molar-refractivity contribution < 1.29 is 4.39 Å². The summed E-state index contributed by atoms with van der Waals surface area (Å²) in [5, 5.41) is 4.84. The van der Waals surface area contributed by atoms with E-state index in [9.17, 15) is 4.39 Å². The summed E-state index contributed by atoms with van der Waals surface area (Å²) in [5.74, 6) is 0.570. The third-order valence-corrected chi connectivity index (χ3v) is 4.78. The van der Waals surface area contributed by atoms with Crippen LogP contribution in [0.15, 0.2) is 42.9 Å². The van der Waals surface area contributed by atoms with Gasteiger partial charge in [-0.05, 0) is 38.1 Å². The number of aromatic nitrogens is 7. The van der Waals surface area contributed by atoms with Crippen molar-refractivity contribution in [2.45, 2.75) is 13.8 Å². The Morgan fingerprint density at radius 2 is 1.86 bits per heavy atom. The van der Waals surface area contributed by atoms with Gasteiger partial charge >= 0.3 is 0 Å². The minimum absolute atomic E-state index is 0.295. The maximum atomic E-state index is 13.3. The number of nitrogens with zero attached hydrogens (tertiary/aromatic N) is 7. The molecule has 1 aromatic carbocycles. The van der Waals surface area contributed by atoms with Crippen molar-refractivity contribution in [2.24, 2.45) is 0 Å². The Labute approximate surface area is 163 Å². The maximum Gasteiger partial charge on any atom is 0.234 e. The molecule has 0 amide bonds. The number of aryl methyl sites for hydroxylation is 2. The molecule has 0 aliphatic heterocycles. The molecular formula is C19H13ClFN7. The van der Waals surface area contributed by atoms with Crippen LogP contribution in [0.3, 0.4) is 0 Å². The molecule has 0 saturated carbocycles. The van der Waals surface area contributed by atoms with E-state index in [1.165, 1.54) is 12.1 Å². The third kappa shape index (κ3) is 2.61. The van der Waals surface area contributed by atoms with E-state index < -0.39 is 5.82 Å². The minimum Gasteiger partial charge on any atom is -0.290 e. The van der Waals surface area contributed by atoms with Crippen LogP contribution in [0.4, 0.5) is 4.39 Å². The lowest BCUT2D eigenvalue weighted by molar-refractivity contribution is 0.628. The molecule has 0 radical (unpaired) electrons. The molecule has 28 heavy (non-hydrogen) atoms. The molecule has 4 aromatic heterocycles. The van der Waals surface area contributed by atoms with Gasteiger partial charge < -0.3 is 0 Å². The van der Waals surface area contributed by atoms with Crippen LogP contribution in [0.25, 0.3) is 34.2 Å². The Bertz CT molecular complexity index is 1330. The maximum absolute atomic E-state index is 13.3. The molecular weight excluding hydrogens is 381 g/mol. The highest BCUT2D eigenvalue weighted by Crippen LogP contribution is 2.28. The van der Waals surface area contributed by atoms with Gasteiger partial charge in [-0.2, -0.15) is 0 Å². The number of halogens is 2. The second-order valence-electron chi connectivity index (χ2n) is 6.43. The van der Waals surface area contributed by atoms with Gasteiger partial charge in [-0.1, -0.05) is 11.6 Å². The van der Waals surface area contributed by atoms with Crippen LogP contribution in [0.5, 0.6) is 0 Å². The van der Waals surface area contributed by atoms with Crippen LogP contribution in [-0.2, 0) is 0 Å². The molecule has 0 fully saturated rings. The molecule has 0 bridgehead atoms. The van der Waals surface area contributed by atoms with Crippen molar-refractivity contribution >= 4 is 23.0 Å². The average Bonchev–Trinajstić information content (AvgIpc) is 3.29. The summed E-state index contributed by atoms with van der Waals surface area (Å²) in [5.41, 5.74) is 4.21. The fourth-order valence-electron chi connectivity index (χ4n) is 3.03. The van der Waals surface area contributed by atoms with Crippen LogP contribution in [-0.4, -0.2) is 34.0 Å². The van der Waals surface area contributed by atoms with Crippen molar-refractivity contribution in [2.75, 3.05) is 0 Å². The first-order valence-electron chi connectivity index (χ1n) is 8.50. The molecule has 0 unspecified atom stereocenters. The minimum atomic E-state index is -0.393. The summed E-state index contributed by atoms with van der Waals surface area (Å²) in [6.07, 6.45) is 5.38. The summed E-state index contributed by atoms with van der Waals surface area (Å²) in [7, 11) is 0. The predicted molar refractivity (Wildman–Crippen MR) is 103 cm³/mol. The molecule has 4 heterocycles. The molecule has 0 spiro atoms. The van der Waals surface area contributed by atoms with Gasteiger partial charge in [-0.3, -0.25) is 9.38 Å². The smallest absolute Gasteiger partial charge is 0.234 e. The lowest BCUT2D eigenvalue weighted by Crippen LogP contribution is -1.97. The van der Waals surface area contributed by atoms with Crippen LogP contribution in [0, 0.1) is 19.7 Å². The standard InChI is InChI=1S/C19H13ClFN7/c1-10-8-22-11(2)18-25-17(26-28(10)18)15-5-6-27-9-16(24-19(27)23-15)13-4-3-12(21)7-14(13)20/h3-9H,1-2H3. The van der Waals surface area contributed by atoms with E-state index in [0.29, 0.717) is 39.2 Å². The Morgan fingerprint density at radius 3 is 2.64 bits per heavy atom. The van der Waals surface area contributed by atoms with Crippen LogP contribution >= 0.6 is 11.6 Å². The highest BCUT2D eigenvalue weighted by atomic mass is 35.5. The zero-order valence-electron chi connectivity index (χ0n) is 14.9. The van der Waals surface area contributed by atoms with E-state index in [-0.39, 0.29) is 0 Å². The fourth-order valence-corrected chi connectivity index (χ4v) is 3.29. The molecule has 0 N–H and O–H groups in total. The Balaban J connectivity index is 1.62. The summed E-state index contributed by atoms with van der Waals surface area (Å²) in [6.45, 7) is 3.80. The monoisotopic (exact) mass is 393 g/mol. The lowest BCUT2D eigenvalue weighted by atomic mass is 10.2. The van der Waals surface area contributed by atoms with Gasteiger partial charge in [0.15, 0.2) is 5.65 Å². The SMILES string of the molecule is Cc1ncc(C)n2nc(-c3ccn4cc(-c5ccc(F)cc5Cl)nc4n3)nc12. The Kier molecular flexibility index (Phi) is 3.63. The number of imidazole rings is 1. The quantitative estimate of drug-likeness (QED) is 0.454. The van der Waals surface area contributed by atoms with Crippen LogP contribution in [0.2, 0.25) is 5.02 Å². The first-order valence-corrected chi connectivity index (χ1v) is 8.88. The molecule has 9 heteroatoms. The molecule has 0 atom stereocenters. The lowest BCUT2D eigenvalue weighted by Gasteiger charge is -1.99. The summed E-state index contributed by atoms with van der Waals surface area (Å²) < 4.78 is 16.8. The average molecular weight is 394 g/mol. The Morgan fingerprint density at radius 1 is 1.04 bits per heavy atom. The van der Waals surface area contributed by atoms with Crippen molar-refractivity contribution in [1.82, 2.24) is 34.0 Å². The van der Waals surface area contributed by atoms with Gasteiger partial charge in [-0.25, -0.2) is 23.9 Å². The van der Waals surface area contributed by atoms with Crippen LogP contribution in [0.1, 0.15) is 11.4 Å². The summed E-state index contributed by atoms with van der Waals surface area (Å²) in [6, 6.07) is 6.03. The van der Waals surface area contributed by atoms with Gasteiger partial charge in [0.1, 0.15) is 11.5 Å². The molecule has 5 aromatic rings. The highest BCUT2D eigenvalue weighted by molar-refractivity contribution is 6.33. The van der Waals surface area contributed by atoms with Crippen molar-refractivity contribution in [3.8, 4) is 22.8 Å². The molecule has 0 saturated heterocycles. The molecule has 0 aliphatic rings. The first-order chi connectivity index (χ1) is 13.5. The largest absolute Gasteiger partial charge is 0.290 e. The molecule has 138 valence electrons. The summed E-state index contributed by atoms with van der Waals surface area (Å²) >= 11 is 6.16. The van der Waals surface area contributed by atoms with Crippen molar-refractivity contribution in [3.05, 3.63) is 65.1 Å². The van der Waals surface area contributed by atoms with Gasteiger partial charge in [0.05, 0.1) is 22.1 Å². The van der Waals surface area contributed by atoms with Crippen LogP contribution < -0.4 is 0 Å². The topological polar surface area (TPSA) is 73.3 Å². The van der Waals surface area contributed by atoms with Gasteiger partial charge in [0.2, 0.25) is 11.6 Å². The van der Waals surface area contributed by atoms with E-state index in [0.717, 1.165) is 11.4 Å². The second-order valence-corrected chi connectivity index (χ2v) is 6.83. The van der Waals surface area contributed by atoms with Gasteiger partial charge in [0.25, 0.3) is 0 Å². The van der Waals surface area contributed by atoms with E-state index in [2.05, 4.69) is 25.0 Å². The number of benzene rings is 1. The molecule has 7 nitrogen and oxygen atoms in total. The van der Waals surface area contributed by atoms with E-state index in [1.807, 2.05) is 26.1 Å². The second kappa shape index (κ2) is 6.07. The van der Waals surface area contributed by atoms with Crippen molar-refractivity contribution in [1.29, 1.82) is 0 Å². The number of rotatable bonds is 2. The van der Waals surface area contributed by atoms with E-state index in [4.69, 9.17) is 11.6 Å². The number of hydrogen-bond donors (Lipinski definition) is 0. The van der Waals surface area contributed by atoms with Gasteiger partial charge in [0, 0.05) is 24.2 Å². The normalized spacial score (nSPS) is 11.6. The summed E-state index contributed by atoms with van der Waals surface area (Å²) in [4.78, 5) is 18.0. The molecule has 0 aliphatic carbocycles. The van der Waals surface area contributed by atoms with Crippen molar-refractivity contribution in [3.63, 3.8) is 0 Å². The fraction of sp³-hybridized carbons (Fsp3) is 0.105. The zero-order valence-corrected chi connectivity index (χ0v) is 15.7. The first kappa shape index (κ1) is 16.8. The van der Waals surface area contributed by atoms with E-state index in [1.54, 1.807) is 27.4 Å². The highest BCUT2D eigenvalue weighted by Gasteiger charge is 2.14. The molecule has 5 rings (SSSR count). The van der Waals surface area contributed by atoms with Gasteiger partial charge in [-0.15, -0.1) is 5.10 Å². The van der Waals surface area contributed by atoms with E-state index >= 15 is 0 Å².